The molecule has 1 aromatic carbocycles. The van der Waals surface area contributed by atoms with Crippen molar-refractivity contribution in [2.75, 3.05) is 18.1 Å². The molecule has 1 saturated carbocycles. The van der Waals surface area contributed by atoms with E-state index in [0.717, 1.165) is 25.1 Å². The Morgan fingerprint density at radius 1 is 1.42 bits per heavy atom. The number of nitrogens with zero attached hydrogens (tertiary/aromatic N) is 1. The third-order valence-electron chi connectivity index (χ3n) is 4.23. The topological polar surface area (TPSA) is 32.7 Å². The summed E-state index contributed by atoms with van der Waals surface area (Å²) in [6.45, 7) is 3.20. The van der Waals surface area contributed by atoms with Gasteiger partial charge in [0.1, 0.15) is 5.82 Å². The molecule has 1 aromatic rings. The van der Waals surface area contributed by atoms with E-state index in [1.54, 1.807) is 13.0 Å². The molecule has 0 aromatic heterocycles. The predicted octanol–water partition coefficient (Wildman–Crippen LogP) is 2.64. The highest BCUT2D eigenvalue weighted by molar-refractivity contribution is 5.56. The van der Waals surface area contributed by atoms with E-state index in [4.69, 9.17) is 4.74 Å². The van der Waals surface area contributed by atoms with Gasteiger partial charge in [-0.15, -0.1) is 0 Å². The summed E-state index contributed by atoms with van der Waals surface area (Å²) < 4.78 is 19.2. The third kappa shape index (κ3) is 2.35. The van der Waals surface area contributed by atoms with Crippen molar-refractivity contribution in [1.82, 2.24) is 0 Å². The molecule has 0 spiro atoms. The Bertz CT molecular complexity index is 463. The fourth-order valence-electron chi connectivity index (χ4n) is 3.35. The van der Waals surface area contributed by atoms with Crippen molar-refractivity contribution in [1.29, 1.82) is 0 Å². The first kappa shape index (κ1) is 12.9. The van der Waals surface area contributed by atoms with Crippen LogP contribution in [0.1, 0.15) is 37.9 Å². The van der Waals surface area contributed by atoms with E-state index >= 15 is 0 Å². The van der Waals surface area contributed by atoms with Gasteiger partial charge in [0.25, 0.3) is 0 Å². The molecule has 1 N–H and O–H groups in total. The Morgan fingerprint density at radius 2 is 2.26 bits per heavy atom. The molecule has 0 radical (unpaired) electrons. The lowest BCUT2D eigenvalue weighted by atomic mass is 10.0. The number of morpholine rings is 1. The summed E-state index contributed by atoms with van der Waals surface area (Å²) in [5.74, 6) is -0.295. The van der Waals surface area contributed by atoms with E-state index in [1.807, 2.05) is 0 Å². The maximum absolute atomic E-state index is 13.4. The Morgan fingerprint density at radius 3 is 3.05 bits per heavy atom. The number of benzene rings is 1. The van der Waals surface area contributed by atoms with E-state index in [1.165, 1.54) is 18.6 Å². The van der Waals surface area contributed by atoms with Crippen LogP contribution in [0.4, 0.5) is 10.1 Å². The second-order valence-electron chi connectivity index (χ2n) is 5.48. The van der Waals surface area contributed by atoms with Gasteiger partial charge in [0.05, 0.1) is 24.9 Å². The lowest BCUT2D eigenvalue weighted by Crippen LogP contribution is -2.49. The van der Waals surface area contributed by atoms with Gasteiger partial charge in [0, 0.05) is 17.8 Å². The molecular formula is C15H20FNO2. The number of halogens is 1. The molecule has 2 aliphatic rings. The van der Waals surface area contributed by atoms with E-state index in [0.29, 0.717) is 24.3 Å². The van der Waals surface area contributed by atoms with Gasteiger partial charge in [0.15, 0.2) is 0 Å². The van der Waals surface area contributed by atoms with Crippen molar-refractivity contribution < 1.29 is 14.2 Å². The zero-order chi connectivity index (χ0) is 13.4. The Kier molecular flexibility index (Phi) is 3.46. The van der Waals surface area contributed by atoms with Crippen LogP contribution in [0.15, 0.2) is 18.2 Å². The summed E-state index contributed by atoms with van der Waals surface area (Å²) in [6.07, 6.45) is 3.03. The number of anilines is 1. The van der Waals surface area contributed by atoms with Crippen LogP contribution < -0.4 is 4.90 Å². The molecule has 1 heterocycles. The summed E-state index contributed by atoms with van der Waals surface area (Å²) >= 11 is 0. The molecule has 1 saturated heterocycles. The molecule has 1 aliphatic carbocycles. The predicted molar refractivity (Wildman–Crippen MR) is 71.8 cm³/mol. The summed E-state index contributed by atoms with van der Waals surface area (Å²) in [6, 6.07) is 5.08. The summed E-state index contributed by atoms with van der Waals surface area (Å²) in [5.41, 5.74) is 1.63. The highest BCUT2D eigenvalue weighted by atomic mass is 19.1. The van der Waals surface area contributed by atoms with Gasteiger partial charge in [0.2, 0.25) is 0 Å². The van der Waals surface area contributed by atoms with Crippen LogP contribution in [0.5, 0.6) is 0 Å². The largest absolute Gasteiger partial charge is 0.389 e. The molecule has 19 heavy (non-hydrogen) atoms. The number of hydrogen-bond donors (Lipinski definition) is 1. The minimum absolute atomic E-state index is 0.292. The standard InChI is InChI=1S/C15H20FNO2/c1-10(18)12-9-11(16)5-6-13(12)17-7-8-19-15-4-2-3-14(15)17/h5-6,9-10,14-15,18H,2-4,7-8H2,1H3/t10-,14?,15?/m0/s1. The van der Waals surface area contributed by atoms with E-state index in [-0.39, 0.29) is 5.82 Å². The van der Waals surface area contributed by atoms with Gasteiger partial charge in [-0.05, 0) is 44.4 Å². The minimum Gasteiger partial charge on any atom is -0.389 e. The van der Waals surface area contributed by atoms with E-state index in [9.17, 15) is 9.50 Å². The van der Waals surface area contributed by atoms with Crippen molar-refractivity contribution in [3.8, 4) is 0 Å². The molecule has 0 amide bonds. The number of aliphatic hydroxyl groups is 1. The molecule has 0 bridgehead atoms. The third-order valence-corrected chi connectivity index (χ3v) is 4.23. The minimum atomic E-state index is -0.659. The van der Waals surface area contributed by atoms with Gasteiger partial charge in [-0.25, -0.2) is 4.39 Å². The molecule has 3 rings (SSSR count). The summed E-state index contributed by atoms with van der Waals surface area (Å²) in [7, 11) is 0. The van der Waals surface area contributed by atoms with E-state index in [2.05, 4.69) is 4.90 Å². The molecule has 4 heteroatoms. The molecule has 3 atom stereocenters. The lowest BCUT2D eigenvalue weighted by molar-refractivity contribution is 0.0254. The zero-order valence-electron chi connectivity index (χ0n) is 11.2. The van der Waals surface area contributed by atoms with Crippen molar-refractivity contribution in [3.05, 3.63) is 29.6 Å². The maximum atomic E-state index is 13.4. The van der Waals surface area contributed by atoms with Crippen molar-refractivity contribution in [2.24, 2.45) is 0 Å². The Hall–Kier alpha value is -1.13. The van der Waals surface area contributed by atoms with Crippen LogP contribution in [0.25, 0.3) is 0 Å². The van der Waals surface area contributed by atoms with Gasteiger partial charge in [-0.2, -0.15) is 0 Å². The monoisotopic (exact) mass is 265 g/mol. The Labute approximate surface area is 113 Å². The van der Waals surface area contributed by atoms with Crippen molar-refractivity contribution in [3.63, 3.8) is 0 Å². The number of ether oxygens (including phenoxy) is 1. The molecule has 1 aliphatic heterocycles. The lowest BCUT2D eigenvalue weighted by Gasteiger charge is -2.40. The van der Waals surface area contributed by atoms with Crippen LogP contribution in [0, 0.1) is 5.82 Å². The number of fused-ring (bicyclic) bond motifs is 1. The summed E-state index contributed by atoms with van der Waals surface area (Å²) in [5, 5.41) is 9.88. The highest BCUT2D eigenvalue weighted by Crippen LogP contribution is 2.36. The molecular weight excluding hydrogens is 245 g/mol. The number of hydrogen-bond acceptors (Lipinski definition) is 3. The SMILES string of the molecule is C[C@H](O)c1cc(F)ccc1N1CCOC2CCCC21. The molecule has 104 valence electrons. The van der Waals surface area contributed by atoms with Crippen molar-refractivity contribution >= 4 is 5.69 Å². The first-order chi connectivity index (χ1) is 9.16. The average molecular weight is 265 g/mol. The highest BCUT2D eigenvalue weighted by Gasteiger charge is 2.37. The first-order valence-electron chi connectivity index (χ1n) is 7.02. The van der Waals surface area contributed by atoms with Crippen molar-refractivity contribution in [2.45, 2.75) is 44.4 Å². The van der Waals surface area contributed by atoms with Crippen LogP contribution in [0.3, 0.4) is 0 Å². The van der Waals surface area contributed by atoms with E-state index < -0.39 is 6.10 Å². The zero-order valence-corrected chi connectivity index (χ0v) is 11.2. The first-order valence-corrected chi connectivity index (χ1v) is 7.02. The molecule has 2 fully saturated rings. The number of aliphatic hydroxyl groups excluding tert-OH is 1. The normalized spacial score (nSPS) is 28.3. The second kappa shape index (κ2) is 5.10. The van der Waals surface area contributed by atoms with Gasteiger partial charge < -0.3 is 14.7 Å². The maximum Gasteiger partial charge on any atom is 0.123 e. The summed E-state index contributed by atoms with van der Waals surface area (Å²) in [4.78, 5) is 2.29. The average Bonchev–Trinajstić information content (AvgIpc) is 2.86. The molecule has 2 unspecified atom stereocenters. The van der Waals surface area contributed by atoms with Gasteiger partial charge in [-0.1, -0.05) is 0 Å². The second-order valence-corrected chi connectivity index (χ2v) is 5.48. The molecule has 3 nitrogen and oxygen atoms in total. The number of rotatable bonds is 2. The fourth-order valence-corrected chi connectivity index (χ4v) is 3.35. The van der Waals surface area contributed by atoms with Crippen LogP contribution in [-0.4, -0.2) is 30.4 Å². The van der Waals surface area contributed by atoms with Crippen LogP contribution >= 0.6 is 0 Å². The van der Waals surface area contributed by atoms with Gasteiger partial charge in [-0.3, -0.25) is 0 Å². The fraction of sp³-hybridized carbons (Fsp3) is 0.600. The smallest absolute Gasteiger partial charge is 0.123 e. The van der Waals surface area contributed by atoms with Gasteiger partial charge >= 0.3 is 0 Å². The Balaban J connectivity index is 1.96. The van der Waals surface area contributed by atoms with Crippen LogP contribution in [-0.2, 0) is 4.74 Å². The van der Waals surface area contributed by atoms with Crippen LogP contribution in [0.2, 0.25) is 0 Å². The quantitative estimate of drug-likeness (QED) is 0.892.